The van der Waals surface area contributed by atoms with Gasteiger partial charge in [-0.05, 0) is 44.6 Å². The van der Waals surface area contributed by atoms with Crippen LogP contribution in [-0.4, -0.2) is 61.4 Å². The first-order valence-electron chi connectivity index (χ1n) is 8.19. The Morgan fingerprint density at radius 3 is 2.35 bits per heavy atom. The molecule has 2 amide bonds. The van der Waals surface area contributed by atoms with Gasteiger partial charge in [0.1, 0.15) is 0 Å². The Morgan fingerprint density at radius 1 is 1.08 bits per heavy atom. The predicted molar refractivity (Wildman–Crippen MR) is 101 cm³/mol. The summed E-state index contributed by atoms with van der Waals surface area (Å²) in [6.45, 7) is 2.90. The number of likely N-dealkylation sites (N-methyl/N-ethyl adjacent to an activating group) is 1. The third kappa shape index (κ3) is 3.30. The number of rotatable bonds is 5. The van der Waals surface area contributed by atoms with Crippen LogP contribution < -0.4 is 0 Å². The zero-order valence-electron chi connectivity index (χ0n) is 14.9. The molecule has 0 bridgehead atoms. The van der Waals surface area contributed by atoms with Crippen molar-refractivity contribution in [2.24, 2.45) is 0 Å². The Kier molecular flexibility index (Phi) is 6.00. The second-order valence-corrected chi connectivity index (χ2v) is 6.17. The fraction of sp³-hybridized carbons (Fsp3) is 0.316. The van der Waals surface area contributed by atoms with Crippen molar-refractivity contribution in [3.8, 4) is 0 Å². The van der Waals surface area contributed by atoms with Gasteiger partial charge in [0.25, 0.3) is 11.8 Å². The van der Waals surface area contributed by atoms with E-state index in [4.69, 9.17) is 4.74 Å². The molecule has 0 N–H and O–H groups in total. The van der Waals surface area contributed by atoms with Gasteiger partial charge in [0, 0.05) is 29.6 Å². The summed E-state index contributed by atoms with van der Waals surface area (Å²) in [4.78, 5) is 41.0. The van der Waals surface area contributed by atoms with Crippen LogP contribution in [0.1, 0.15) is 38.0 Å². The number of carbonyl (C=O) groups excluding carboxylic acids is 3. The highest BCUT2D eigenvalue weighted by molar-refractivity contribution is 6.27. The van der Waals surface area contributed by atoms with Crippen LogP contribution in [-0.2, 0) is 4.74 Å². The summed E-state index contributed by atoms with van der Waals surface area (Å²) >= 11 is 0. The van der Waals surface area contributed by atoms with E-state index in [1.165, 1.54) is 4.90 Å². The number of halogens is 1. The molecule has 26 heavy (non-hydrogen) atoms. The quantitative estimate of drug-likeness (QED) is 0.592. The molecule has 2 aromatic rings. The van der Waals surface area contributed by atoms with Crippen molar-refractivity contribution < 1.29 is 19.1 Å². The van der Waals surface area contributed by atoms with Gasteiger partial charge in [0.2, 0.25) is 0 Å². The van der Waals surface area contributed by atoms with Crippen molar-refractivity contribution in [1.29, 1.82) is 0 Å². The van der Waals surface area contributed by atoms with Crippen molar-refractivity contribution in [2.45, 2.75) is 6.92 Å². The number of esters is 1. The molecule has 0 saturated carbocycles. The molecule has 3 rings (SSSR count). The predicted octanol–water partition coefficient (Wildman–Crippen LogP) is 2.60. The molecule has 0 fully saturated rings. The maximum absolute atomic E-state index is 12.8. The lowest BCUT2D eigenvalue weighted by molar-refractivity contribution is 0.0525. The number of imide groups is 1. The van der Waals surface area contributed by atoms with Gasteiger partial charge in [-0.15, -0.1) is 12.4 Å². The van der Waals surface area contributed by atoms with Gasteiger partial charge in [-0.2, -0.15) is 0 Å². The first-order valence-corrected chi connectivity index (χ1v) is 8.19. The van der Waals surface area contributed by atoms with E-state index in [0.29, 0.717) is 40.6 Å². The average molecular weight is 377 g/mol. The third-order valence-corrected chi connectivity index (χ3v) is 4.26. The Balaban J connectivity index is 0.00000243. The van der Waals surface area contributed by atoms with E-state index in [1.54, 1.807) is 37.3 Å². The molecular weight excluding hydrogens is 356 g/mol. The molecule has 0 aliphatic carbocycles. The molecular formula is C19H21ClN2O4. The second-order valence-electron chi connectivity index (χ2n) is 6.17. The minimum Gasteiger partial charge on any atom is -0.462 e. The highest BCUT2D eigenvalue weighted by Gasteiger charge is 2.33. The highest BCUT2D eigenvalue weighted by Crippen LogP contribution is 2.32. The number of nitrogens with zero attached hydrogens (tertiary/aromatic N) is 2. The Labute approximate surface area is 158 Å². The summed E-state index contributed by atoms with van der Waals surface area (Å²) in [5.74, 6) is -1.11. The second kappa shape index (κ2) is 7.85. The summed E-state index contributed by atoms with van der Waals surface area (Å²) in [5, 5.41) is 1.10. The van der Waals surface area contributed by atoms with Crippen molar-refractivity contribution in [3.05, 3.63) is 47.0 Å². The van der Waals surface area contributed by atoms with E-state index in [2.05, 4.69) is 0 Å². The van der Waals surface area contributed by atoms with E-state index in [-0.39, 0.29) is 30.8 Å². The molecule has 6 nitrogen and oxygen atoms in total. The van der Waals surface area contributed by atoms with Crippen molar-refractivity contribution in [3.63, 3.8) is 0 Å². The minimum atomic E-state index is -0.457. The first-order chi connectivity index (χ1) is 12.0. The number of amides is 2. The molecule has 7 heteroatoms. The lowest BCUT2D eigenvalue weighted by Crippen LogP contribution is -2.43. The van der Waals surface area contributed by atoms with Crippen molar-refractivity contribution in [1.82, 2.24) is 9.80 Å². The van der Waals surface area contributed by atoms with E-state index < -0.39 is 5.97 Å². The number of carbonyl (C=O) groups is 3. The monoisotopic (exact) mass is 376 g/mol. The van der Waals surface area contributed by atoms with Gasteiger partial charge in [0.05, 0.1) is 12.2 Å². The zero-order valence-corrected chi connectivity index (χ0v) is 15.8. The van der Waals surface area contributed by atoms with E-state index in [1.807, 2.05) is 19.0 Å². The largest absolute Gasteiger partial charge is 0.462 e. The number of ether oxygens (including phenoxy) is 1. The Hall–Kier alpha value is -2.44. The van der Waals surface area contributed by atoms with Crippen molar-refractivity contribution >= 4 is 41.0 Å². The summed E-state index contributed by atoms with van der Waals surface area (Å²) < 4.78 is 5.08. The molecule has 138 valence electrons. The SMILES string of the molecule is CCOC(=O)c1ccc2c3c(cccc13)C(=O)N(CCN(C)C)C2=O.Cl. The number of benzene rings is 2. The maximum atomic E-state index is 12.8. The maximum Gasteiger partial charge on any atom is 0.338 e. The highest BCUT2D eigenvalue weighted by atomic mass is 35.5. The first kappa shape index (κ1) is 19.9. The molecule has 0 aromatic heterocycles. The van der Waals surface area contributed by atoms with Crippen LogP contribution in [0.25, 0.3) is 10.8 Å². The molecule has 0 unspecified atom stereocenters. The van der Waals surface area contributed by atoms with Crippen LogP contribution in [0, 0.1) is 0 Å². The summed E-state index contributed by atoms with van der Waals surface area (Å²) in [6, 6.07) is 8.36. The molecule has 1 heterocycles. The van der Waals surface area contributed by atoms with Gasteiger partial charge in [-0.1, -0.05) is 12.1 Å². The Bertz CT molecular complexity index is 857. The van der Waals surface area contributed by atoms with Gasteiger partial charge in [0.15, 0.2) is 0 Å². The molecule has 0 spiro atoms. The van der Waals surface area contributed by atoms with Gasteiger partial charge in [-0.25, -0.2) is 4.79 Å². The number of hydrogen-bond acceptors (Lipinski definition) is 5. The minimum absolute atomic E-state index is 0. The molecule has 2 aromatic carbocycles. The van der Waals surface area contributed by atoms with E-state index >= 15 is 0 Å². The fourth-order valence-corrected chi connectivity index (χ4v) is 3.04. The van der Waals surface area contributed by atoms with Gasteiger partial charge >= 0.3 is 5.97 Å². The van der Waals surface area contributed by atoms with Crippen LogP contribution in [0.5, 0.6) is 0 Å². The molecule has 1 aliphatic heterocycles. The summed E-state index contributed by atoms with van der Waals surface area (Å²) in [6.07, 6.45) is 0. The third-order valence-electron chi connectivity index (χ3n) is 4.26. The summed E-state index contributed by atoms with van der Waals surface area (Å²) in [7, 11) is 3.78. The molecule has 0 radical (unpaired) electrons. The normalized spacial score (nSPS) is 13.2. The molecule has 0 atom stereocenters. The van der Waals surface area contributed by atoms with Crippen LogP contribution in [0.15, 0.2) is 30.3 Å². The van der Waals surface area contributed by atoms with Crippen LogP contribution in [0.3, 0.4) is 0 Å². The smallest absolute Gasteiger partial charge is 0.338 e. The standard InChI is InChI=1S/C19H20N2O4.ClH/c1-4-25-19(24)13-8-9-15-16-12(13)6-5-7-14(16)17(22)21(18(15)23)11-10-20(2)3;/h5-9H,4,10-11H2,1-3H3;1H. The molecule has 0 saturated heterocycles. The summed E-state index contributed by atoms with van der Waals surface area (Å²) in [5.41, 5.74) is 1.25. The van der Waals surface area contributed by atoms with E-state index in [9.17, 15) is 14.4 Å². The van der Waals surface area contributed by atoms with Crippen LogP contribution in [0.4, 0.5) is 0 Å². The lowest BCUT2D eigenvalue weighted by Gasteiger charge is -2.28. The van der Waals surface area contributed by atoms with Crippen LogP contribution in [0.2, 0.25) is 0 Å². The van der Waals surface area contributed by atoms with Crippen LogP contribution >= 0.6 is 12.4 Å². The fourth-order valence-electron chi connectivity index (χ4n) is 3.04. The van der Waals surface area contributed by atoms with Gasteiger partial charge in [-0.3, -0.25) is 14.5 Å². The lowest BCUT2D eigenvalue weighted by atomic mass is 9.91. The van der Waals surface area contributed by atoms with Gasteiger partial charge < -0.3 is 9.64 Å². The number of hydrogen-bond donors (Lipinski definition) is 0. The molecule has 1 aliphatic rings. The zero-order chi connectivity index (χ0) is 18.1. The Morgan fingerprint density at radius 2 is 1.73 bits per heavy atom. The topological polar surface area (TPSA) is 66.9 Å². The van der Waals surface area contributed by atoms with E-state index in [0.717, 1.165) is 0 Å². The van der Waals surface area contributed by atoms with Crippen molar-refractivity contribution in [2.75, 3.05) is 33.8 Å². The average Bonchev–Trinajstić information content (AvgIpc) is 2.59.